The molecule has 1 atom stereocenters. The monoisotopic (exact) mass is 301 g/mol. The highest BCUT2D eigenvalue weighted by Gasteiger charge is 2.24. The molecule has 0 spiro atoms. The second kappa shape index (κ2) is 6.32. The Morgan fingerprint density at radius 1 is 1.30 bits per heavy atom. The fraction of sp³-hybridized carbons (Fsp3) is 0.462. The van der Waals surface area contributed by atoms with Crippen LogP contribution < -0.4 is 4.72 Å². The number of hydrogen-bond acceptors (Lipinski definition) is 4. The van der Waals surface area contributed by atoms with E-state index in [-0.39, 0.29) is 17.4 Å². The molecule has 5 nitrogen and oxygen atoms in total. The van der Waals surface area contributed by atoms with Gasteiger partial charge >= 0.3 is 0 Å². The molecule has 0 saturated carbocycles. The molecular formula is C13H16FNO4S. The third-order valence-corrected chi connectivity index (χ3v) is 4.34. The van der Waals surface area contributed by atoms with E-state index in [0.29, 0.717) is 13.0 Å². The lowest BCUT2D eigenvalue weighted by Gasteiger charge is -2.22. The SMILES string of the molecule is O=C(NS(=O)(=O)CC1CCCCO1)c1ccc(F)cc1. The molecule has 1 aromatic rings. The highest BCUT2D eigenvalue weighted by Crippen LogP contribution is 2.14. The van der Waals surface area contributed by atoms with E-state index in [4.69, 9.17) is 4.74 Å². The normalized spacial score (nSPS) is 19.6. The standard InChI is InChI=1S/C13H16FNO4S/c14-11-6-4-10(5-7-11)13(16)15-20(17,18)9-12-3-1-2-8-19-12/h4-7,12H,1-3,8-9H2,(H,15,16). The molecule has 1 aliphatic rings. The van der Waals surface area contributed by atoms with Gasteiger partial charge in [0.1, 0.15) is 5.82 Å². The van der Waals surface area contributed by atoms with Crippen molar-refractivity contribution in [3.05, 3.63) is 35.6 Å². The molecule has 1 fully saturated rings. The number of benzene rings is 1. The van der Waals surface area contributed by atoms with Gasteiger partial charge in [0.15, 0.2) is 0 Å². The molecule has 1 aromatic carbocycles. The Morgan fingerprint density at radius 2 is 2.00 bits per heavy atom. The zero-order valence-corrected chi connectivity index (χ0v) is 11.7. The summed E-state index contributed by atoms with van der Waals surface area (Å²) < 4.78 is 43.8. The number of ether oxygens (including phenoxy) is 1. The maximum atomic E-state index is 12.7. The predicted molar refractivity (Wildman–Crippen MR) is 71.2 cm³/mol. The molecule has 110 valence electrons. The maximum Gasteiger partial charge on any atom is 0.264 e. The first-order valence-electron chi connectivity index (χ1n) is 6.38. The van der Waals surface area contributed by atoms with Gasteiger partial charge in [0.25, 0.3) is 5.91 Å². The molecule has 1 amide bonds. The number of sulfonamides is 1. The van der Waals surface area contributed by atoms with E-state index in [0.717, 1.165) is 25.0 Å². The molecule has 2 rings (SSSR count). The van der Waals surface area contributed by atoms with Crippen molar-refractivity contribution in [2.75, 3.05) is 12.4 Å². The van der Waals surface area contributed by atoms with Crippen LogP contribution in [0.4, 0.5) is 4.39 Å². The van der Waals surface area contributed by atoms with Crippen LogP contribution in [0, 0.1) is 5.82 Å². The third-order valence-electron chi connectivity index (χ3n) is 3.03. The number of nitrogens with one attached hydrogen (secondary N) is 1. The van der Waals surface area contributed by atoms with Gasteiger partial charge in [0.2, 0.25) is 10.0 Å². The lowest BCUT2D eigenvalue weighted by atomic mass is 10.1. The second-order valence-corrected chi connectivity index (χ2v) is 6.48. The lowest BCUT2D eigenvalue weighted by Crippen LogP contribution is -2.38. The number of hydrogen-bond donors (Lipinski definition) is 1. The Morgan fingerprint density at radius 3 is 2.60 bits per heavy atom. The van der Waals surface area contributed by atoms with Gasteiger partial charge < -0.3 is 4.74 Å². The average molecular weight is 301 g/mol. The largest absolute Gasteiger partial charge is 0.377 e. The molecule has 0 aromatic heterocycles. The zero-order chi connectivity index (χ0) is 14.6. The first-order valence-corrected chi connectivity index (χ1v) is 8.03. The number of halogens is 1. The molecule has 7 heteroatoms. The topological polar surface area (TPSA) is 72.5 Å². The minimum Gasteiger partial charge on any atom is -0.377 e. The summed E-state index contributed by atoms with van der Waals surface area (Å²) >= 11 is 0. The van der Waals surface area contributed by atoms with Gasteiger partial charge in [0, 0.05) is 12.2 Å². The van der Waals surface area contributed by atoms with Gasteiger partial charge in [-0.1, -0.05) is 0 Å². The van der Waals surface area contributed by atoms with E-state index < -0.39 is 21.7 Å². The van der Waals surface area contributed by atoms with Crippen LogP contribution in [0.25, 0.3) is 0 Å². The van der Waals surface area contributed by atoms with E-state index in [1.165, 1.54) is 12.1 Å². The molecule has 1 saturated heterocycles. The number of carbonyl (C=O) groups excluding carboxylic acids is 1. The van der Waals surface area contributed by atoms with Gasteiger partial charge in [-0.15, -0.1) is 0 Å². The van der Waals surface area contributed by atoms with Gasteiger partial charge in [-0.25, -0.2) is 17.5 Å². The van der Waals surface area contributed by atoms with Crippen molar-refractivity contribution in [2.45, 2.75) is 25.4 Å². The molecule has 1 N–H and O–H groups in total. The molecule has 20 heavy (non-hydrogen) atoms. The van der Waals surface area contributed by atoms with Crippen LogP contribution in [-0.4, -0.2) is 32.8 Å². The van der Waals surface area contributed by atoms with Crippen molar-refractivity contribution in [3.63, 3.8) is 0 Å². The fourth-order valence-electron chi connectivity index (χ4n) is 2.03. The van der Waals surface area contributed by atoms with E-state index in [1.54, 1.807) is 0 Å². The quantitative estimate of drug-likeness (QED) is 0.913. The van der Waals surface area contributed by atoms with E-state index >= 15 is 0 Å². The minimum atomic E-state index is -3.76. The van der Waals surface area contributed by atoms with Crippen molar-refractivity contribution < 1.29 is 22.3 Å². The van der Waals surface area contributed by atoms with E-state index in [9.17, 15) is 17.6 Å². The first kappa shape index (κ1) is 14.9. The van der Waals surface area contributed by atoms with Crippen LogP contribution in [0.1, 0.15) is 29.6 Å². The summed E-state index contributed by atoms with van der Waals surface area (Å²) in [7, 11) is -3.76. The van der Waals surface area contributed by atoms with Crippen LogP contribution in [-0.2, 0) is 14.8 Å². The van der Waals surface area contributed by atoms with Crippen LogP contribution in [0.5, 0.6) is 0 Å². The van der Waals surface area contributed by atoms with Crippen LogP contribution >= 0.6 is 0 Å². The van der Waals surface area contributed by atoms with E-state index in [2.05, 4.69) is 0 Å². The van der Waals surface area contributed by atoms with Crippen LogP contribution in [0.15, 0.2) is 24.3 Å². The number of amides is 1. The third kappa shape index (κ3) is 4.28. The highest BCUT2D eigenvalue weighted by atomic mass is 32.2. The van der Waals surface area contributed by atoms with Gasteiger partial charge in [-0.3, -0.25) is 4.79 Å². The zero-order valence-electron chi connectivity index (χ0n) is 10.8. The Hall–Kier alpha value is -1.47. The molecule has 0 bridgehead atoms. The average Bonchev–Trinajstić information content (AvgIpc) is 2.39. The molecule has 1 heterocycles. The molecule has 0 radical (unpaired) electrons. The summed E-state index contributed by atoms with van der Waals surface area (Å²) in [6, 6.07) is 4.67. The van der Waals surface area contributed by atoms with Crippen molar-refractivity contribution in [1.82, 2.24) is 4.72 Å². The summed E-state index contributed by atoms with van der Waals surface area (Å²) in [5.41, 5.74) is 0.0968. The molecular weight excluding hydrogens is 285 g/mol. The van der Waals surface area contributed by atoms with Crippen molar-refractivity contribution in [1.29, 1.82) is 0 Å². The Labute approximate surface area is 117 Å². The summed E-state index contributed by atoms with van der Waals surface area (Å²) in [6.07, 6.45) is 2.15. The maximum absolute atomic E-state index is 12.7. The predicted octanol–water partition coefficient (Wildman–Crippen LogP) is 1.45. The van der Waals surface area contributed by atoms with E-state index in [1.807, 2.05) is 4.72 Å². The van der Waals surface area contributed by atoms with Gasteiger partial charge in [-0.2, -0.15) is 0 Å². The minimum absolute atomic E-state index is 0.0968. The summed E-state index contributed by atoms with van der Waals surface area (Å²) in [5, 5.41) is 0. The molecule has 1 unspecified atom stereocenters. The van der Waals surface area contributed by atoms with Gasteiger partial charge in [-0.05, 0) is 43.5 Å². The Bertz CT molecular complexity index is 565. The lowest BCUT2D eigenvalue weighted by molar-refractivity contribution is 0.0304. The smallest absolute Gasteiger partial charge is 0.264 e. The fourth-order valence-corrected chi connectivity index (χ4v) is 3.26. The summed E-state index contributed by atoms with van der Waals surface area (Å²) in [6.45, 7) is 0.548. The highest BCUT2D eigenvalue weighted by molar-refractivity contribution is 7.90. The number of carbonyl (C=O) groups is 1. The van der Waals surface area contributed by atoms with Crippen molar-refractivity contribution in [2.24, 2.45) is 0 Å². The van der Waals surface area contributed by atoms with Crippen molar-refractivity contribution >= 4 is 15.9 Å². The molecule has 0 aliphatic carbocycles. The summed E-state index contributed by atoms with van der Waals surface area (Å²) in [5.74, 6) is -1.49. The Kier molecular flexibility index (Phi) is 4.72. The number of rotatable bonds is 4. The Balaban J connectivity index is 1.96. The summed E-state index contributed by atoms with van der Waals surface area (Å²) in [4.78, 5) is 11.8. The van der Waals surface area contributed by atoms with Crippen LogP contribution in [0.3, 0.4) is 0 Å². The van der Waals surface area contributed by atoms with Crippen LogP contribution in [0.2, 0.25) is 0 Å². The first-order chi connectivity index (χ1) is 9.46. The second-order valence-electron chi connectivity index (χ2n) is 4.71. The van der Waals surface area contributed by atoms with Gasteiger partial charge in [0.05, 0.1) is 11.9 Å². The van der Waals surface area contributed by atoms with Crippen molar-refractivity contribution in [3.8, 4) is 0 Å². The molecule has 1 aliphatic heterocycles.